The molecule has 0 radical (unpaired) electrons. The van der Waals surface area contributed by atoms with Crippen molar-refractivity contribution in [3.05, 3.63) is 51.0 Å². The smallest absolute Gasteiger partial charge is 0.410 e. The first-order valence-electron chi connectivity index (χ1n) is 12.9. The first kappa shape index (κ1) is 28.7. The van der Waals surface area contributed by atoms with Crippen molar-refractivity contribution in [1.82, 2.24) is 24.4 Å². The number of ether oxygens (including phenoxy) is 1. The highest BCUT2D eigenvalue weighted by molar-refractivity contribution is 6.30. The second-order valence-electron chi connectivity index (χ2n) is 11.0. The number of hydrogen-bond donors (Lipinski definition) is 1. The van der Waals surface area contributed by atoms with Gasteiger partial charge in [0.2, 0.25) is 0 Å². The molecule has 0 aliphatic carbocycles. The van der Waals surface area contributed by atoms with Crippen molar-refractivity contribution in [2.24, 2.45) is 0 Å². The molecule has 39 heavy (non-hydrogen) atoms. The number of piperazine rings is 1. The SMILES string of the molecule is CC(C)c1nccc(CCO)c1-n1c(=O)nc(N2CCN(C(=O)OC(C)(C)C)CC2C)c2cc(F)c(Cl)nc21. The fraction of sp³-hybridized carbons (Fsp3) is 0.519. The van der Waals surface area contributed by atoms with E-state index in [0.717, 1.165) is 0 Å². The van der Waals surface area contributed by atoms with Gasteiger partial charge in [-0.1, -0.05) is 25.4 Å². The number of amides is 1. The van der Waals surface area contributed by atoms with Crippen molar-refractivity contribution in [2.45, 2.75) is 65.5 Å². The largest absolute Gasteiger partial charge is 0.444 e. The van der Waals surface area contributed by atoms with E-state index in [1.165, 1.54) is 10.6 Å². The normalized spacial score (nSPS) is 16.3. The predicted octanol–water partition coefficient (Wildman–Crippen LogP) is 4.07. The molecule has 4 rings (SSSR count). The minimum atomic E-state index is -0.747. The van der Waals surface area contributed by atoms with E-state index < -0.39 is 23.2 Å². The first-order valence-corrected chi connectivity index (χ1v) is 13.3. The molecule has 1 aliphatic rings. The predicted molar refractivity (Wildman–Crippen MR) is 147 cm³/mol. The number of carbonyl (C=O) groups is 1. The van der Waals surface area contributed by atoms with Crippen LogP contribution in [0.2, 0.25) is 5.15 Å². The fourth-order valence-electron chi connectivity index (χ4n) is 4.78. The molecule has 12 heteroatoms. The average molecular weight is 561 g/mol. The first-order chi connectivity index (χ1) is 18.3. The van der Waals surface area contributed by atoms with Crippen molar-refractivity contribution in [1.29, 1.82) is 0 Å². The second kappa shape index (κ2) is 11.1. The molecule has 1 fully saturated rings. The molecule has 1 saturated heterocycles. The summed E-state index contributed by atoms with van der Waals surface area (Å²) in [4.78, 5) is 43.0. The molecule has 0 bridgehead atoms. The van der Waals surface area contributed by atoms with Crippen LogP contribution in [-0.2, 0) is 11.2 Å². The van der Waals surface area contributed by atoms with Crippen LogP contribution in [0.3, 0.4) is 0 Å². The number of nitrogens with zero attached hydrogens (tertiary/aromatic N) is 6. The second-order valence-corrected chi connectivity index (χ2v) is 11.3. The zero-order chi connectivity index (χ0) is 28.6. The number of pyridine rings is 2. The average Bonchev–Trinajstić information content (AvgIpc) is 2.84. The van der Waals surface area contributed by atoms with Crippen molar-refractivity contribution < 1.29 is 19.0 Å². The van der Waals surface area contributed by atoms with E-state index in [9.17, 15) is 19.1 Å². The van der Waals surface area contributed by atoms with E-state index >= 15 is 0 Å². The maximum atomic E-state index is 14.8. The molecule has 3 aromatic rings. The van der Waals surface area contributed by atoms with E-state index in [2.05, 4.69) is 15.0 Å². The fourth-order valence-corrected chi connectivity index (χ4v) is 4.92. The topological polar surface area (TPSA) is 114 Å². The third kappa shape index (κ3) is 5.84. The van der Waals surface area contributed by atoms with Crippen LogP contribution in [0.25, 0.3) is 16.7 Å². The Morgan fingerprint density at radius 2 is 2.00 bits per heavy atom. The van der Waals surface area contributed by atoms with Crippen LogP contribution in [0.5, 0.6) is 0 Å². The van der Waals surface area contributed by atoms with Crippen LogP contribution in [-0.4, -0.2) is 73.5 Å². The lowest BCUT2D eigenvalue weighted by Crippen LogP contribution is -2.55. The third-order valence-corrected chi connectivity index (χ3v) is 6.76. The number of hydrogen-bond acceptors (Lipinski definition) is 8. The number of aliphatic hydroxyl groups is 1. The zero-order valence-corrected chi connectivity index (χ0v) is 23.8. The van der Waals surface area contributed by atoms with Crippen LogP contribution < -0.4 is 10.6 Å². The van der Waals surface area contributed by atoms with E-state index in [4.69, 9.17) is 16.3 Å². The number of fused-ring (bicyclic) bond motifs is 1. The highest BCUT2D eigenvalue weighted by atomic mass is 35.5. The van der Waals surface area contributed by atoms with Gasteiger partial charge >= 0.3 is 11.8 Å². The van der Waals surface area contributed by atoms with Gasteiger partial charge in [0, 0.05) is 38.5 Å². The Bertz CT molecular complexity index is 1450. The Morgan fingerprint density at radius 1 is 1.28 bits per heavy atom. The molecule has 1 aliphatic heterocycles. The molecule has 0 saturated carbocycles. The molecular formula is C27H34ClFN6O4. The Balaban J connectivity index is 1.87. The molecule has 10 nitrogen and oxygen atoms in total. The summed E-state index contributed by atoms with van der Waals surface area (Å²) in [5, 5.41) is 9.61. The van der Waals surface area contributed by atoms with Crippen molar-refractivity contribution in [3.63, 3.8) is 0 Å². The summed E-state index contributed by atoms with van der Waals surface area (Å²) in [6, 6.07) is 2.70. The molecule has 1 amide bonds. The van der Waals surface area contributed by atoms with Gasteiger partial charge in [-0.15, -0.1) is 0 Å². The van der Waals surface area contributed by atoms with Crippen LogP contribution in [0, 0.1) is 5.82 Å². The van der Waals surface area contributed by atoms with Gasteiger partial charge in [0.1, 0.15) is 11.4 Å². The molecule has 1 N–H and O–H groups in total. The number of aromatic nitrogens is 4. The molecule has 3 aromatic heterocycles. The molecule has 1 atom stereocenters. The van der Waals surface area contributed by atoms with Gasteiger partial charge in [0.05, 0.1) is 16.8 Å². The van der Waals surface area contributed by atoms with Gasteiger partial charge in [-0.2, -0.15) is 4.98 Å². The molecule has 1 unspecified atom stereocenters. The lowest BCUT2D eigenvalue weighted by molar-refractivity contribution is 0.0218. The number of anilines is 1. The Morgan fingerprint density at radius 3 is 2.62 bits per heavy atom. The van der Waals surface area contributed by atoms with Gasteiger partial charge in [-0.25, -0.2) is 23.5 Å². The highest BCUT2D eigenvalue weighted by Gasteiger charge is 2.33. The summed E-state index contributed by atoms with van der Waals surface area (Å²) in [6.07, 6.45) is 1.48. The van der Waals surface area contributed by atoms with Gasteiger partial charge in [-0.05, 0) is 57.7 Å². The van der Waals surface area contributed by atoms with Crippen LogP contribution in [0.4, 0.5) is 15.0 Å². The molecule has 4 heterocycles. The summed E-state index contributed by atoms with van der Waals surface area (Å²) >= 11 is 6.13. The summed E-state index contributed by atoms with van der Waals surface area (Å²) in [6.45, 7) is 12.0. The monoisotopic (exact) mass is 560 g/mol. The highest BCUT2D eigenvalue weighted by Crippen LogP contribution is 2.32. The third-order valence-electron chi connectivity index (χ3n) is 6.50. The van der Waals surface area contributed by atoms with Gasteiger partial charge in [-0.3, -0.25) is 4.98 Å². The maximum Gasteiger partial charge on any atom is 0.410 e. The van der Waals surface area contributed by atoms with Gasteiger partial charge in [0.15, 0.2) is 16.6 Å². The summed E-state index contributed by atoms with van der Waals surface area (Å²) in [7, 11) is 0. The Labute approximate surface area is 231 Å². The van der Waals surface area contributed by atoms with Crippen LogP contribution in [0.1, 0.15) is 58.7 Å². The number of rotatable bonds is 5. The Kier molecular flexibility index (Phi) is 8.13. The minimum Gasteiger partial charge on any atom is -0.444 e. The lowest BCUT2D eigenvalue weighted by atomic mass is 10.0. The quantitative estimate of drug-likeness (QED) is 0.465. The lowest BCUT2D eigenvalue weighted by Gasteiger charge is -2.41. The van der Waals surface area contributed by atoms with Gasteiger partial charge in [0.25, 0.3) is 0 Å². The molecule has 210 valence electrons. The molecule has 0 spiro atoms. The van der Waals surface area contributed by atoms with Crippen molar-refractivity contribution >= 4 is 34.5 Å². The van der Waals surface area contributed by atoms with E-state index in [-0.39, 0.29) is 41.6 Å². The van der Waals surface area contributed by atoms with E-state index in [0.29, 0.717) is 42.0 Å². The van der Waals surface area contributed by atoms with Crippen LogP contribution in [0.15, 0.2) is 23.1 Å². The van der Waals surface area contributed by atoms with Crippen molar-refractivity contribution in [3.8, 4) is 5.69 Å². The maximum absolute atomic E-state index is 14.8. The minimum absolute atomic E-state index is 0.0721. The molecular weight excluding hydrogens is 527 g/mol. The van der Waals surface area contributed by atoms with Crippen LogP contribution >= 0.6 is 11.6 Å². The summed E-state index contributed by atoms with van der Waals surface area (Å²) in [5.74, 6) is -0.565. The van der Waals surface area contributed by atoms with Gasteiger partial charge < -0.3 is 19.6 Å². The zero-order valence-electron chi connectivity index (χ0n) is 23.0. The number of carbonyl (C=O) groups excluding carboxylic acids is 1. The molecule has 0 aromatic carbocycles. The van der Waals surface area contributed by atoms with E-state index in [1.54, 1.807) is 37.9 Å². The summed E-state index contributed by atoms with van der Waals surface area (Å²) < 4.78 is 21.6. The summed E-state index contributed by atoms with van der Waals surface area (Å²) in [5.41, 5.74) is 0.610. The standard InChI is InChI=1S/C27H34ClFN6O4/c1-15(2)20-21(17(8-12-36)7-9-30-20)35-24-18(13-19(29)22(28)31-24)23(32-25(35)37)34-11-10-33(14-16(34)3)26(38)39-27(4,5)6/h7,9,13,15-16,36H,8,10-12,14H2,1-6H3. The number of halogens is 2. The number of aliphatic hydroxyl groups excluding tert-OH is 1. The van der Waals surface area contributed by atoms with Crippen molar-refractivity contribution in [2.75, 3.05) is 31.1 Å². The Hall–Kier alpha value is -3.31. The van der Waals surface area contributed by atoms with E-state index in [1.807, 2.05) is 25.7 Å².